The number of rotatable bonds is 9. The molecule has 0 radical (unpaired) electrons. The van der Waals surface area contributed by atoms with Gasteiger partial charge in [0.25, 0.3) is 0 Å². The molecule has 3 aromatic rings. The number of piperidine rings is 2. The zero-order valence-corrected chi connectivity index (χ0v) is 27.3. The first kappa shape index (κ1) is 38.0. The standard InChI is InChI=1S/C24H26F3N5O3.C8H15F3N2O/c1-33-19-9-16(18-12-30-21-5-3-6-22(34-2)32(18)21)10-20(17(19)11-28)35-15-23(29)7-4-8-31(13-23)14-24(25,26)27;9-8(10,11)5-13-3-1-2-7(12,4-13)6-14/h3,5-6,9-10,12H,4,7-8,13-15,29H2,1-2H3;14H,1-6,12H2/t23-;/m1./s1. The number of nitrogens with two attached hydrogens (primary N) is 2. The number of pyridine rings is 1. The van der Waals surface area contributed by atoms with Crippen LogP contribution in [0.2, 0.25) is 0 Å². The summed E-state index contributed by atoms with van der Waals surface area (Å²) in [4.78, 5) is 6.96. The molecule has 270 valence electrons. The molecule has 0 saturated carbocycles. The lowest BCUT2D eigenvalue weighted by Gasteiger charge is -2.40. The average Bonchev–Trinajstić information content (AvgIpc) is 3.47. The van der Waals surface area contributed by atoms with Crippen LogP contribution in [-0.2, 0) is 0 Å². The Labute approximate surface area is 279 Å². The minimum atomic E-state index is -4.30. The van der Waals surface area contributed by atoms with Crippen LogP contribution in [0.3, 0.4) is 0 Å². The molecule has 2 aromatic heterocycles. The molecule has 4 heterocycles. The van der Waals surface area contributed by atoms with Crippen LogP contribution in [0.1, 0.15) is 31.2 Å². The van der Waals surface area contributed by atoms with Crippen LogP contribution in [-0.4, -0.2) is 114 Å². The second-order valence-electron chi connectivity index (χ2n) is 12.6. The first-order valence-electron chi connectivity index (χ1n) is 15.5. The minimum Gasteiger partial charge on any atom is -0.495 e. The maximum absolute atomic E-state index is 12.9. The van der Waals surface area contributed by atoms with Gasteiger partial charge >= 0.3 is 12.4 Å². The number of halogens is 6. The Morgan fingerprint density at radius 3 is 2.06 bits per heavy atom. The van der Waals surface area contributed by atoms with Gasteiger partial charge in [0.1, 0.15) is 35.4 Å². The molecule has 2 aliphatic heterocycles. The van der Waals surface area contributed by atoms with Gasteiger partial charge in [0.2, 0.25) is 0 Å². The number of fused-ring (bicyclic) bond motifs is 1. The molecule has 2 saturated heterocycles. The van der Waals surface area contributed by atoms with Gasteiger partial charge in [-0.15, -0.1) is 0 Å². The molecule has 49 heavy (non-hydrogen) atoms. The fraction of sp³-hybridized carbons (Fsp3) is 0.562. The van der Waals surface area contributed by atoms with Crippen molar-refractivity contribution in [3.05, 3.63) is 42.1 Å². The molecular formula is C32H41F6N7O4. The molecule has 1 aromatic carbocycles. The number of imidazole rings is 1. The van der Waals surface area contributed by atoms with Crippen molar-refractivity contribution in [2.75, 3.05) is 66.7 Å². The Hall–Kier alpha value is -3.82. The molecule has 0 aliphatic carbocycles. The number of aliphatic hydroxyl groups excluding tert-OH is 1. The number of ether oxygens (including phenoxy) is 3. The Morgan fingerprint density at radius 2 is 1.51 bits per heavy atom. The van der Waals surface area contributed by atoms with Gasteiger partial charge in [0, 0.05) is 18.7 Å². The van der Waals surface area contributed by atoms with Crippen molar-refractivity contribution >= 4 is 5.65 Å². The third-order valence-electron chi connectivity index (χ3n) is 8.41. The summed E-state index contributed by atoms with van der Waals surface area (Å²) in [7, 11) is 3.00. The number of benzene rings is 1. The van der Waals surface area contributed by atoms with Crippen LogP contribution >= 0.6 is 0 Å². The van der Waals surface area contributed by atoms with Crippen molar-refractivity contribution in [3.8, 4) is 34.7 Å². The lowest BCUT2D eigenvalue weighted by atomic mass is 9.91. The Bertz CT molecular complexity index is 1610. The van der Waals surface area contributed by atoms with E-state index in [1.807, 2.05) is 16.5 Å². The zero-order chi connectivity index (χ0) is 36.0. The highest BCUT2D eigenvalue weighted by Gasteiger charge is 2.39. The third-order valence-corrected chi connectivity index (χ3v) is 8.41. The summed E-state index contributed by atoms with van der Waals surface area (Å²) >= 11 is 0. The van der Waals surface area contributed by atoms with Gasteiger partial charge in [0.05, 0.1) is 56.9 Å². The van der Waals surface area contributed by atoms with Crippen molar-refractivity contribution in [1.82, 2.24) is 19.2 Å². The summed E-state index contributed by atoms with van der Waals surface area (Å²) in [6.45, 7) is -1.40. The van der Waals surface area contributed by atoms with E-state index in [9.17, 15) is 31.6 Å². The lowest BCUT2D eigenvalue weighted by Crippen LogP contribution is -2.58. The largest absolute Gasteiger partial charge is 0.495 e. The number of nitriles is 1. The van der Waals surface area contributed by atoms with E-state index in [-0.39, 0.29) is 37.6 Å². The third kappa shape index (κ3) is 10.1. The second-order valence-corrected chi connectivity index (χ2v) is 12.6. The van der Waals surface area contributed by atoms with Crippen molar-refractivity contribution in [2.45, 2.75) is 49.1 Å². The van der Waals surface area contributed by atoms with Gasteiger partial charge in [-0.25, -0.2) is 4.98 Å². The number of alkyl halides is 6. The lowest BCUT2D eigenvalue weighted by molar-refractivity contribution is -0.151. The SMILES string of the molecule is COc1cc(-c2cnc3cccc(OC)n23)cc(OC[C@@]2(N)CCCN(CC(F)(F)F)C2)c1C#N.NC1(CO)CCCN(CC(F)(F)F)C1. The first-order chi connectivity index (χ1) is 23.0. The smallest absolute Gasteiger partial charge is 0.401 e. The summed E-state index contributed by atoms with van der Waals surface area (Å²) in [6.07, 6.45) is -4.61. The van der Waals surface area contributed by atoms with E-state index < -0.39 is 36.5 Å². The normalized spacial score (nSPS) is 22.2. The summed E-state index contributed by atoms with van der Waals surface area (Å²) in [6, 6.07) is 10.9. The molecule has 2 atom stereocenters. The number of hydrogen-bond acceptors (Lipinski definition) is 10. The van der Waals surface area contributed by atoms with Gasteiger partial charge < -0.3 is 30.8 Å². The fourth-order valence-electron chi connectivity index (χ4n) is 6.25. The second kappa shape index (κ2) is 15.4. The molecule has 0 bridgehead atoms. The van der Waals surface area contributed by atoms with E-state index >= 15 is 0 Å². The van der Waals surface area contributed by atoms with Gasteiger partial charge in [0.15, 0.2) is 5.88 Å². The maximum atomic E-state index is 12.9. The number of nitrogens with zero attached hydrogens (tertiary/aromatic N) is 5. The fourth-order valence-corrected chi connectivity index (χ4v) is 6.25. The summed E-state index contributed by atoms with van der Waals surface area (Å²) < 4.78 is 93.6. The Kier molecular flexibility index (Phi) is 11.9. The molecule has 2 aliphatic rings. The highest BCUT2D eigenvalue weighted by molar-refractivity contribution is 5.71. The highest BCUT2D eigenvalue weighted by atomic mass is 19.4. The van der Waals surface area contributed by atoms with E-state index in [0.29, 0.717) is 67.3 Å². The van der Waals surface area contributed by atoms with Crippen molar-refractivity contribution in [3.63, 3.8) is 0 Å². The van der Waals surface area contributed by atoms with E-state index in [0.717, 1.165) is 0 Å². The molecule has 1 unspecified atom stereocenters. The van der Waals surface area contributed by atoms with Crippen LogP contribution in [0.4, 0.5) is 26.3 Å². The monoisotopic (exact) mass is 701 g/mol. The summed E-state index contributed by atoms with van der Waals surface area (Å²) in [5.74, 6) is 1.08. The van der Waals surface area contributed by atoms with Gasteiger partial charge in [-0.05, 0) is 63.0 Å². The maximum Gasteiger partial charge on any atom is 0.401 e. The molecule has 5 rings (SSSR count). The highest BCUT2D eigenvalue weighted by Crippen LogP contribution is 2.37. The van der Waals surface area contributed by atoms with Crippen LogP contribution in [0.25, 0.3) is 16.9 Å². The van der Waals surface area contributed by atoms with E-state index in [1.165, 1.54) is 16.9 Å². The number of methoxy groups -OCH3 is 2. The number of aromatic nitrogens is 2. The zero-order valence-electron chi connectivity index (χ0n) is 27.3. The minimum absolute atomic E-state index is 0.0374. The Balaban J connectivity index is 0.000000324. The molecular weight excluding hydrogens is 660 g/mol. The topological polar surface area (TPSA) is 148 Å². The molecule has 11 nitrogen and oxygen atoms in total. The van der Waals surface area contributed by atoms with Gasteiger partial charge in [-0.3, -0.25) is 14.2 Å². The average molecular weight is 702 g/mol. The number of hydrogen-bond donors (Lipinski definition) is 3. The van der Waals surface area contributed by atoms with Crippen LogP contribution in [0.15, 0.2) is 36.5 Å². The molecule has 2 fully saturated rings. The van der Waals surface area contributed by atoms with Crippen LogP contribution in [0, 0.1) is 11.3 Å². The number of aliphatic hydroxyl groups is 1. The van der Waals surface area contributed by atoms with Crippen molar-refractivity contribution in [2.24, 2.45) is 11.5 Å². The Morgan fingerprint density at radius 1 is 0.918 bits per heavy atom. The number of likely N-dealkylation sites (tertiary alicyclic amines) is 2. The van der Waals surface area contributed by atoms with E-state index in [4.69, 9.17) is 30.8 Å². The van der Waals surface area contributed by atoms with Gasteiger partial charge in [-0.2, -0.15) is 31.6 Å². The molecule has 17 heteroatoms. The molecule has 5 N–H and O–H groups in total. The van der Waals surface area contributed by atoms with E-state index in [1.54, 1.807) is 31.5 Å². The van der Waals surface area contributed by atoms with Crippen LogP contribution < -0.4 is 25.7 Å². The van der Waals surface area contributed by atoms with Crippen molar-refractivity contribution < 1.29 is 45.7 Å². The summed E-state index contributed by atoms with van der Waals surface area (Å²) in [5, 5.41) is 18.7. The van der Waals surface area contributed by atoms with Crippen LogP contribution in [0.5, 0.6) is 17.4 Å². The molecule has 0 spiro atoms. The van der Waals surface area contributed by atoms with E-state index in [2.05, 4.69) is 11.1 Å². The first-order valence-corrected chi connectivity index (χ1v) is 15.5. The molecule has 0 amide bonds. The van der Waals surface area contributed by atoms with Crippen molar-refractivity contribution in [1.29, 1.82) is 5.26 Å². The predicted molar refractivity (Wildman–Crippen MR) is 168 cm³/mol. The predicted octanol–water partition coefficient (Wildman–Crippen LogP) is 3.96. The summed E-state index contributed by atoms with van der Waals surface area (Å²) in [5.41, 5.74) is 12.5. The quantitative estimate of drug-likeness (QED) is 0.280. The van der Waals surface area contributed by atoms with Gasteiger partial charge in [-0.1, -0.05) is 6.07 Å².